The Morgan fingerprint density at radius 1 is 1.59 bits per heavy atom. The van der Waals surface area contributed by atoms with Gasteiger partial charge >= 0.3 is 0 Å². The predicted octanol–water partition coefficient (Wildman–Crippen LogP) is 3.32. The Labute approximate surface area is 108 Å². The van der Waals surface area contributed by atoms with Crippen molar-refractivity contribution >= 4 is 11.8 Å². The zero-order chi connectivity index (χ0) is 12.3. The number of thioether (sulfide) groups is 1. The quantitative estimate of drug-likeness (QED) is 0.874. The summed E-state index contributed by atoms with van der Waals surface area (Å²) in [5.41, 5.74) is 0.374. The van der Waals surface area contributed by atoms with Crippen LogP contribution in [0.15, 0.2) is 22.1 Å². The molecule has 1 aliphatic rings. The number of nitrogens with one attached hydrogen (secondary N) is 1. The first-order chi connectivity index (χ1) is 8.13. The molecule has 2 unspecified atom stereocenters. The Hall–Kier alpha value is -0.480. The van der Waals surface area contributed by atoms with Crippen molar-refractivity contribution in [2.24, 2.45) is 5.41 Å². The highest BCUT2D eigenvalue weighted by atomic mass is 32.2. The fourth-order valence-corrected chi connectivity index (χ4v) is 3.90. The molecule has 0 bridgehead atoms. The summed E-state index contributed by atoms with van der Waals surface area (Å²) in [4.78, 5) is 4.21. The van der Waals surface area contributed by atoms with Crippen molar-refractivity contribution in [1.82, 2.24) is 10.3 Å². The molecule has 0 aliphatic heterocycles. The molecule has 1 aliphatic carbocycles. The molecule has 0 aromatic carbocycles. The van der Waals surface area contributed by atoms with Gasteiger partial charge in [0.25, 0.3) is 5.22 Å². The summed E-state index contributed by atoms with van der Waals surface area (Å²) >= 11 is 1.78. The van der Waals surface area contributed by atoms with Crippen molar-refractivity contribution in [3.05, 3.63) is 12.5 Å². The maximum absolute atomic E-state index is 5.34. The normalized spacial score (nSPS) is 27.5. The zero-order valence-corrected chi connectivity index (χ0v) is 11.7. The van der Waals surface area contributed by atoms with Gasteiger partial charge in [0.05, 0.1) is 6.20 Å². The van der Waals surface area contributed by atoms with Crippen LogP contribution in [-0.2, 0) is 0 Å². The molecule has 4 heteroatoms. The first-order valence-corrected chi connectivity index (χ1v) is 7.31. The van der Waals surface area contributed by atoms with Crippen molar-refractivity contribution in [3.8, 4) is 0 Å². The zero-order valence-electron chi connectivity index (χ0n) is 10.9. The van der Waals surface area contributed by atoms with Crippen LogP contribution in [0.25, 0.3) is 0 Å². The van der Waals surface area contributed by atoms with Gasteiger partial charge in [0.2, 0.25) is 0 Å². The summed E-state index contributed by atoms with van der Waals surface area (Å²) in [6.07, 6.45) is 7.06. The van der Waals surface area contributed by atoms with Crippen LogP contribution in [0.4, 0.5) is 0 Å². The lowest BCUT2D eigenvalue weighted by atomic mass is 9.87. The molecule has 1 heterocycles. The van der Waals surface area contributed by atoms with Gasteiger partial charge in [-0.2, -0.15) is 0 Å². The Kier molecular flexibility index (Phi) is 4.15. The third-order valence-electron chi connectivity index (χ3n) is 3.56. The first kappa shape index (κ1) is 13.0. The lowest BCUT2D eigenvalue weighted by molar-refractivity contribution is 0.287. The van der Waals surface area contributed by atoms with Crippen LogP contribution in [0.1, 0.15) is 40.0 Å². The average molecular weight is 254 g/mol. The van der Waals surface area contributed by atoms with Gasteiger partial charge in [-0.15, -0.1) is 0 Å². The molecule has 0 saturated heterocycles. The molecule has 1 aromatic rings. The highest BCUT2D eigenvalue weighted by Crippen LogP contribution is 2.44. The van der Waals surface area contributed by atoms with Crippen LogP contribution >= 0.6 is 11.8 Å². The molecule has 17 heavy (non-hydrogen) atoms. The second-order valence-electron chi connectivity index (χ2n) is 5.41. The van der Waals surface area contributed by atoms with E-state index in [1.54, 1.807) is 24.2 Å². The summed E-state index contributed by atoms with van der Waals surface area (Å²) < 4.78 is 5.34. The van der Waals surface area contributed by atoms with Crippen molar-refractivity contribution in [1.29, 1.82) is 0 Å². The maximum atomic E-state index is 5.34. The van der Waals surface area contributed by atoms with Gasteiger partial charge in [-0.25, -0.2) is 4.98 Å². The smallest absolute Gasteiger partial charge is 0.255 e. The minimum atomic E-state index is 0.374. The monoisotopic (exact) mass is 254 g/mol. The standard InChI is InChI=1S/C13H22N2OS/c1-4-7-14-11-10(5-6-13(11,2)3)17-12-15-8-9-16-12/h8-11,14H,4-7H2,1-3H3. The Bertz CT molecular complexity index is 337. The van der Waals surface area contributed by atoms with E-state index in [1.165, 1.54) is 19.3 Å². The van der Waals surface area contributed by atoms with Crippen molar-refractivity contribution in [3.63, 3.8) is 0 Å². The van der Waals surface area contributed by atoms with E-state index in [4.69, 9.17) is 4.42 Å². The third kappa shape index (κ3) is 3.05. The summed E-state index contributed by atoms with van der Waals surface area (Å²) in [6.45, 7) is 8.02. The Morgan fingerprint density at radius 3 is 3.06 bits per heavy atom. The Morgan fingerprint density at radius 2 is 2.41 bits per heavy atom. The fourth-order valence-electron chi connectivity index (χ4n) is 2.57. The average Bonchev–Trinajstić information content (AvgIpc) is 2.86. The summed E-state index contributed by atoms with van der Waals surface area (Å²) in [5.74, 6) is 0. The first-order valence-electron chi connectivity index (χ1n) is 6.43. The van der Waals surface area contributed by atoms with E-state index < -0.39 is 0 Å². The van der Waals surface area contributed by atoms with Gasteiger partial charge in [0.15, 0.2) is 0 Å². The summed E-state index contributed by atoms with van der Waals surface area (Å²) in [6, 6.07) is 0.555. The molecule has 1 aromatic heterocycles. The molecule has 1 fully saturated rings. The number of hydrogen-bond donors (Lipinski definition) is 1. The summed E-state index contributed by atoms with van der Waals surface area (Å²) in [5, 5.41) is 5.07. The topological polar surface area (TPSA) is 38.1 Å². The number of rotatable bonds is 5. The molecule has 3 nitrogen and oxygen atoms in total. The van der Waals surface area contributed by atoms with E-state index in [0.717, 1.165) is 11.8 Å². The van der Waals surface area contributed by atoms with Gasteiger partial charge < -0.3 is 9.73 Å². The molecule has 2 atom stereocenters. The SMILES string of the molecule is CCCNC1C(Sc2ncco2)CCC1(C)C. The van der Waals surface area contributed by atoms with Gasteiger partial charge in [0, 0.05) is 11.3 Å². The highest BCUT2D eigenvalue weighted by molar-refractivity contribution is 7.99. The minimum Gasteiger partial charge on any atom is -0.440 e. The molecule has 1 N–H and O–H groups in total. The highest BCUT2D eigenvalue weighted by Gasteiger charge is 2.42. The van der Waals surface area contributed by atoms with Gasteiger partial charge in [-0.3, -0.25) is 0 Å². The second kappa shape index (κ2) is 5.44. The summed E-state index contributed by atoms with van der Waals surface area (Å²) in [7, 11) is 0. The van der Waals surface area contributed by atoms with Crippen LogP contribution in [-0.4, -0.2) is 22.8 Å². The van der Waals surface area contributed by atoms with Crippen LogP contribution in [0.5, 0.6) is 0 Å². The van der Waals surface area contributed by atoms with Crippen molar-refractivity contribution in [2.45, 2.75) is 56.5 Å². The van der Waals surface area contributed by atoms with E-state index in [2.05, 4.69) is 31.1 Å². The maximum Gasteiger partial charge on any atom is 0.255 e. The molecule has 96 valence electrons. The van der Waals surface area contributed by atoms with E-state index in [9.17, 15) is 0 Å². The molecular weight excluding hydrogens is 232 g/mol. The molecule has 1 saturated carbocycles. The predicted molar refractivity (Wildman–Crippen MR) is 71.2 cm³/mol. The van der Waals surface area contributed by atoms with Gasteiger partial charge in [-0.05, 0) is 31.2 Å². The lowest BCUT2D eigenvalue weighted by Crippen LogP contribution is -2.43. The number of hydrogen-bond acceptors (Lipinski definition) is 4. The molecule has 0 radical (unpaired) electrons. The number of oxazole rings is 1. The van der Waals surface area contributed by atoms with E-state index in [0.29, 0.717) is 16.7 Å². The molecular formula is C13H22N2OS. The van der Waals surface area contributed by atoms with Gasteiger partial charge in [0.1, 0.15) is 6.26 Å². The van der Waals surface area contributed by atoms with Crippen LogP contribution in [0.3, 0.4) is 0 Å². The number of aromatic nitrogens is 1. The number of nitrogens with zero attached hydrogens (tertiary/aromatic N) is 1. The van der Waals surface area contributed by atoms with Crippen LogP contribution in [0.2, 0.25) is 0 Å². The van der Waals surface area contributed by atoms with Crippen molar-refractivity contribution in [2.75, 3.05) is 6.54 Å². The third-order valence-corrected chi connectivity index (χ3v) is 4.78. The fraction of sp³-hybridized carbons (Fsp3) is 0.769. The lowest BCUT2D eigenvalue weighted by Gasteiger charge is -2.31. The van der Waals surface area contributed by atoms with E-state index >= 15 is 0 Å². The largest absolute Gasteiger partial charge is 0.440 e. The van der Waals surface area contributed by atoms with Crippen molar-refractivity contribution < 1.29 is 4.42 Å². The minimum absolute atomic E-state index is 0.374. The van der Waals surface area contributed by atoms with Crippen LogP contribution < -0.4 is 5.32 Å². The van der Waals surface area contributed by atoms with Crippen LogP contribution in [0, 0.1) is 5.41 Å². The molecule has 0 spiro atoms. The Balaban J connectivity index is 2.00. The van der Waals surface area contributed by atoms with Gasteiger partial charge in [-0.1, -0.05) is 32.5 Å². The molecule has 0 amide bonds. The molecule has 2 rings (SSSR count). The van der Waals surface area contributed by atoms with E-state index in [1.807, 2.05) is 0 Å². The van der Waals surface area contributed by atoms with E-state index in [-0.39, 0.29) is 0 Å². The second-order valence-corrected chi connectivity index (χ2v) is 6.60.